The van der Waals surface area contributed by atoms with Crippen molar-refractivity contribution in [1.82, 2.24) is 0 Å². The van der Waals surface area contributed by atoms with Crippen LogP contribution in [0.15, 0.2) is 70.5 Å². The highest BCUT2D eigenvalue weighted by atomic mass is 32.2. The zero-order valence-corrected chi connectivity index (χ0v) is 13.0. The number of benzene rings is 2. The molecule has 0 saturated heterocycles. The highest BCUT2D eigenvalue weighted by molar-refractivity contribution is 8.03. The number of hydrogen-bond donors (Lipinski definition) is 1. The number of thioether (sulfide) groups is 1. The molecule has 6 heteroatoms. The molecule has 2 aromatic rings. The SMILES string of the molecule is Cc1ccc(NC(=O)/C=C(\Sc2ccccc2)C(F)(F)F)cc1. The van der Waals surface area contributed by atoms with Gasteiger partial charge in [-0.15, -0.1) is 0 Å². The van der Waals surface area contributed by atoms with Crippen LogP contribution in [0.2, 0.25) is 0 Å². The fourth-order valence-electron chi connectivity index (χ4n) is 1.72. The minimum absolute atomic E-state index is 0.416. The third kappa shape index (κ3) is 5.49. The number of halogens is 3. The summed E-state index contributed by atoms with van der Waals surface area (Å²) in [5, 5.41) is 2.43. The van der Waals surface area contributed by atoms with Gasteiger partial charge in [0.25, 0.3) is 0 Å². The summed E-state index contributed by atoms with van der Waals surface area (Å²) in [6, 6.07) is 14.9. The van der Waals surface area contributed by atoms with E-state index in [1.165, 1.54) is 0 Å². The molecule has 0 saturated carbocycles. The van der Waals surface area contributed by atoms with Crippen LogP contribution in [0.3, 0.4) is 0 Å². The number of nitrogens with one attached hydrogen (secondary N) is 1. The average molecular weight is 337 g/mol. The predicted octanol–water partition coefficient (Wildman–Crippen LogP) is 5.17. The number of carbonyl (C=O) groups excluding carboxylic acids is 1. The number of carbonyl (C=O) groups is 1. The van der Waals surface area contributed by atoms with Gasteiger partial charge in [0.2, 0.25) is 5.91 Å². The number of aryl methyl sites for hydroxylation is 1. The highest BCUT2D eigenvalue weighted by Gasteiger charge is 2.35. The Kier molecular flexibility index (Phi) is 5.50. The Balaban J connectivity index is 2.16. The second kappa shape index (κ2) is 7.37. The number of anilines is 1. The summed E-state index contributed by atoms with van der Waals surface area (Å²) in [4.78, 5) is 11.3. The van der Waals surface area contributed by atoms with Crippen LogP contribution in [-0.2, 0) is 4.79 Å². The first-order valence-corrected chi connectivity index (χ1v) is 7.56. The lowest BCUT2D eigenvalue weighted by Crippen LogP contribution is -2.15. The summed E-state index contributed by atoms with van der Waals surface area (Å²) in [5.74, 6) is -0.815. The van der Waals surface area contributed by atoms with Crippen molar-refractivity contribution >= 4 is 23.4 Å². The van der Waals surface area contributed by atoms with Crippen molar-refractivity contribution < 1.29 is 18.0 Å². The van der Waals surface area contributed by atoms with Crippen molar-refractivity contribution in [2.45, 2.75) is 18.0 Å². The molecule has 1 amide bonds. The Morgan fingerprint density at radius 1 is 1.04 bits per heavy atom. The molecule has 0 heterocycles. The molecule has 1 N–H and O–H groups in total. The summed E-state index contributed by atoms with van der Waals surface area (Å²) in [6.45, 7) is 1.88. The van der Waals surface area contributed by atoms with Crippen LogP contribution < -0.4 is 5.32 Å². The van der Waals surface area contributed by atoms with Gasteiger partial charge in [0, 0.05) is 16.7 Å². The Morgan fingerprint density at radius 3 is 2.22 bits per heavy atom. The first-order valence-electron chi connectivity index (χ1n) is 6.74. The Hall–Kier alpha value is -2.21. The second-order valence-corrected chi connectivity index (χ2v) is 5.89. The van der Waals surface area contributed by atoms with Crippen LogP contribution in [-0.4, -0.2) is 12.1 Å². The van der Waals surface area contributed by atoms with Gasteiger partial charge in [-0.1, -0.05) is 47.7 Å². The van der Waals surface area contributed by atoms with Crippen LogP contribution in [0, 0.1) is 6.92 Å². The number of hydrogen-bond acceptors (Lipinski definition) is 2. The van der Waals surface area contributed by atoms with Gasteiger partial charge in [-0.3, -0.25) is 4.79 Å². The normalized spacial score (nSPS) is 12.1. The predicted molar refractivity (Wildman–Crippen MR) is 86.2 cm³/mol. The lowest BCUT2D eigenvalue weighted by Gasteiger charge is -2.11. The fraction of sp³-hybridized carbons (Fsp3) is 0.118. The molecule has 0 atom stereocenters. The Morgan fingerprint density at radius 2 is 1.65 bits per heavy atom. The molecule has 0 bridgehead atoms. The molecule has 2 nitrogen and oxygen atoms in total. The molecule has 0 fully saturated rings. The number of amides is 1. The highest BCUT2D eigenvalue weighted by Crippen LogP contribution is 2.38. The van der Waals surface area contributed by atoms with Gasteiger partial charge < -0.3 is 5.32 Å². The van der Waals surface area contributed by atoms with Crippen LogP contribution in [0.5, 0.6) is 0 Å². The Labute approximate surface area is 136 Å². The molecular formula is C17H14F3NOS. The van der Waals surface area contributed by atoms with Gasteiger partial charge in [-0.2, -0.15) is 13.2 Å². The third-order valence-corrected chi connectivity index (χ3v) is 3.91. The van der Waals surface area contributed by atoms with E-state index < -0.39 is 17.0 Å². The van der Waals surface area contributed by atoms with Crippen molar-refractivity contribution in [3.63, 3.8) is 0 Å². The van der Waals surface area contributed by atoms with Crippen molar-refractivity contribution in [2.24, 2.45) is 0 Å². The number of alkyl halides is 3. The summed E-state index contributed by atoms with van der Waals surface area (Å²) in [6.07, 6.45) is -4.01. The molecule has 120 valence electrons. The van der Waals surface area contributed by atoms with E-state index in [1.807, 2.05) is 6.92 Å². The van der Waals surface area contributed by atoms with Gasteiger partial charge >= 0.3 is 6.18 Å². The number of rotatable bonds is 4. The maximum absolute atomic E-state index is 13.1. The van der Waals surface area contributed by atoms with Gasteiger partial charge in [0.1, 0.15) is 0 Å². The number of allylic oxidation sites excluding steroid dienone is 1. The van der Waals surface area contributed by atoms with E-state index in [1.54, 1.807) is 54.6 Å². The van der Waals surface area contributed by atoms with E-state index >= 15 is 0 Å². The lowest BCUT2D eigenvalue weighted by molar-refractivity contribution is -0.113. The monoisotopic (exact) mass is 337 g/mol. The molecule has 2 aromatic carbocycles. The minimum Gasteiger partial charge on any atom is -0.322 e. The molecule has 0 radical (unpaired) electrons. The minimum atomic E-state index is -4.59. The van der Waals surface area contributed by atoms with E-state index in [2.05, 4.69) is 5.32 Å². The molecule has 0 unspecified atom stereocenters. The molecule has 0 aliphatic heterocycles. The molecule has 0 aliphatic carbocycles. The molecule has 0 spiro atoms. The summed E-state index contributed by atoms with van der Waals surface area (Å²) >= 11 is 0.512. The third-order valence-electron chi connectivity index (χ3n) is 2.83. The smallest absolute Gasteiger partial charge is 0.322 e. The molecular weight excluding hydrogens is 323 g/mol. The van der Waals surface area contributed by atoms with Gasteiger partial charge in [-0.05, 0) is 31.2 Å². The summed E-state index contributed by atoms with van der Waals surface area (Å²) in [7, 11) is 0. The van der Waals surface area contributed by atoms with Crippen LogP contribution in [0.4, 0.5) is 18.9 Å². The maximum atomic E-state index is 13.1. The molecule has 2 rings (SSSR count). The zero-order chi connectivity index (χ0) is 16.9. The quantitative estimate of drug-likeness (QED) is 0.616. The van der Waals surface area contributed by atoms with Crippen molar-refractivity contribution in [2.75, 3.05) is 5.32 Å². The molecule has 0 aliphatic rings. The van der Waals surface area contributed by atoms with E-state index in [4.69, 9.17) is 0 Å². The first kappa shape index (κ1) is 17.1. The lowest BCUT2D eigenvalue weighted by atomic mass is 10.2. The van der Waals surface area contributed by atoms with Crippen LogP contribution in [0.1, 0.15) is 5.56 Å². The van der Waals surface area contributed by atoms with Crippen molar-refractivity contribution in [3.05, 3.63) is 71.1 Å². The largest absolute Gasteiger partial charge is 0.422 e. The topological polar surface area (TPSA) is 29.1 Å². The zero-order valence-electron chi connectivity index (χ0n) is 12.2. The standard InChI is InChI=1S/C17H14F3NOS/c1-12-7-9-13(10-8-12)21-16(22)11-15(17(18,19)20)23-14-5-3-2-4-6-14/h2-11H,1H3,(H,21,22)/b15-11-. The van der Waals surface area contributed by atoms with Crippen LogP contribution in [0.25, 0.3) is 0 Å². The second-order valence-electron chi connectivity index (χ2n) is 4.78. The molecule has 0 aromatic heterocycles. The first-order chi connectivity index (χ1) is 10.8. The fourth-order valence-corrected chi connectivity index (χ4v) is 2.55. The maximum Gasteiger partial charge on any atom is 0.422 e. The van der Waals surface area contributed by atoms with Crippen molar-refractivity contribution in [1.29, 1.82) is 0 Å². The van der Waals surface area contributed by atoms with E-state index in [9.17, 15) is 18.0 Å². The van der Waals surface area contributed by atoms with Gasteiger partial charge in [0.15, 0.2) is 0 Å². The van der Waals surface area contributed by atoms with E-state index in [-0.39, 0.29) is 0 Å². The van der Waals surface area contributed by atoms with Crippen molar-refractivity contribution in [3.8, 4) is 0 Å². The molecule has 23 heavy (non-hydrogen) atoms. The summed E-state index contributed by atoms with van der Waals surface area (Å²) in [5.41, 5.74) is 1.44. The average Bonchev–Trinajstić information content (AvgIpc) is 2.49. The Bertz CT molecular complexity index is 694. The van der Waals surface area contributed by atoms with E-state index in [0.717, 1.165) is 5.56 Å². The van der Waals surface area contributed by atoms with Gasteiger partial charge in [0.05, 0.1) is 4.91 Å². The summed E-state index contributed by atoms with van der Waals surface area (Å²) < 4.78 is 39.3. The van der Waals surface area contributed by atoms with E-state index in [0.29, 0.717) is 28.4 Å². The van der Waals surface area contributed by atoms with Crippen LogP contribution >= 0.6 is 11.8 Å². The van der Waals surface area contributed by atoms with Gasteiger partial charge in [-0.25, -0.2) is 0 Å².